The lowest BCUT2D eigenvalue weighted by atomic mass is 10.0. The first-order chi connectivity index (χ1) is 10.5. The lowest BCUT2D eigenvalue weighted by molar-refractivity contribution is 0.339. The number of benzene rings is 2. The van der Waals surface area contributed by atoms with Gasteiger partial charge in [-0.1, -0.05) is 29.8 Å². The van der Waals surface area contributed by atoms with Crippen LogP contribution >= 0.6 is 25.3 Å². The maximum atomic E-state index is 5.74. The Bertz CT molecular complexity index is 697. The van der Waals surface area contributed by atoms with E-state index in [4.69, 9.17) is 30.0 Å². The fraction of sp³-hybridized carbons (Fsp3) is 0.263. The summed E-state index contributed by atoms with van der Waals surface area (Å²) in [4.78, 5) is 1.72. The Hall–Kier alpha value is -1.32. The van der Waals surface area contributed by atoms with Crippen LogP contribution in [0, 0.1) is 20.8 Å². The molecular weight excluding hydrogens is 308 g/mol. The van der Waals surface area contributed by atoms with Gasteiger partial charge in [-0.25, -0.2) is 0 Å². The molecule has 2 aromatic carbocycles. The first-order valence-electron chi connectivity index (χ1n) is 7.38. The van der Waals surface area contributed by atoms with Gasteiger partial charge in [0.1, 0.15) is 5.75 Å². The molecule has 0 unspecified atom stereocenters. The van der Waals surface area contributed by atoms with Gasteiger partial charge in [0, 0.05) is 15.4 Å². The molecule has 0 radical (unpaired) electrons. The molecule has 3 heteroatoms. The fourth-order valence-corrected chi connectivity index (χ4v) is 3.30. The molecular formula is C19H22OS2. The summed E-state index contributed by atoms with van der Waals surface area (Å²) in [6.07, 6.45) is 0. The summed E-state index contributed by atoms with van der Waals surface area (Å²) < 4.78 is 5.74. The summed E-state index contributed by atoms with van der Waals surface area (Å²) in [5, 5.41) is 0. The maximum absolute atomic E-state index is 5.74. The van der Waals surface area contributed by atoms with E-state index in [0.29, 0.717) is 6.61 Å². The van der Waals surface area contributed by atoms with Gasteiger partial charge in [-0.15, -0.1) is 25.3 Å². The highest BCUT2D eigenvalue weighted by molar-refractivity contribution is 7.96. The third-order valence-electron chi connectivity index (χ3n) is 3.63. The van der Waals surface area contributed by atoms with Gasteiger partial charge >= 0.3 is 0 Å². The Balaban J connectivity index is 2.63. The zero-order valence-corrected chi connectivity index (χ0v) is 15.3. The van der Waals surface area contributed by atoms with Crippen molar-refractivity contribution in [3.8, 4) is 5.75 Å². The molecule has 0 atom stereocenters. The van der Waals surface area contributed by atoms with Gasteiger partial charge in [-0.05, 0) is 56.5 Å². The summed E-state index contributed by atoms with van der Waals surface area (Å²) in [5.74, 6) is 0.843. The molecule has 0 fully saturated rings. The molecule has 0 aliphatic heterocycles. The first kappa shape index (κ1) is 17.0. The van der Waals surface area contributed by atoms with Gasteiger partial charge in [0.2, 0.25) is 0 Å². The van der Waals surface area contributed by atoms with E-state index in [1.54, 1.807) is 0 Å². The molecule has 0 heterocycles. The third-order valence-corrected chi connectivity index (χ3v) is 4.72. The van der Waals surface area contributed by atoms with Crippen LogP contribution < -0.4 is 4.74 Å². The fourth-order valence-electron chi connectivity index (χ4n) is 2.54. The average Bonchev–Trinajstić information content (AvgIpc) is 2.48. The highest BCUT2D eigenvalue weighted by Crippen LogP contribution is 2.39. The molecule has 22 heavy (non-hydrogen) atoms. The van der Waals surface area contributed by atoms with Gasteiger partial charge in [0.25, 0.3) is 0 Å². The third kappa shape index (κ3) is 3.53. The Morgan fingerprint density at radius 1 is 0.955 bits per heavy atom. The number of hydrogen-bond donors (Lipinski definition) is 2. The minimum atomic E-state index is 0.627. The van der Waals surface area contributed by atoms with Gasteiger partial charge in [0.05, 0.1) is 6.61 Å². The zero-order valence-electron chi connectivity index (χ0n) is 13.5. The molecule has 0 aromatic heterocycles. The number of thiol groups is 2. The molecule has 0 aliphatic rings. The largest absolute Gasteiger partial charge is 0.493 e. The zero-order chi connectivity index (χ0) is 16.3. The predicted octanol–water partition coefficient (Wildman–Crippen LogP) is 5.70. The van der Waals surface area contributed by atoms with Crippen molar-refractivity contribution in [3.63, 3.8) is 0 Å². The van der Waals surface area contributed by atoms with Crippen LogP contribution in [-0.4, -0.2) is 6.61 Å². The summed E-state index contributed by atoms with van der Waals surface area (Å²) in [6, 6.07) is 12.4. The molecule has 2 rings (SSSR count). The van der Waals surface area contributed by atoms with Crippen LogP contribution in [0.3, 0.4) is 0 Å². The van der Waals surface area contributed by atoms with Crippen LogP contribution in [-0.2, 0) is 0 Å². The first-order valence-corrected chi connectivity index (χ1v) is 8.27. The minimum absolute atomic E-state index is 0.627. The van der Waals surface area contributed by atoms with Gasteiger partial charge in [0.15, 0.2) is 0 Å². The second kappa shape index (κ2) is 7.30. The van der Waals surface area contributed by atoms with Crippen LogP contribution in [0.4, 0.5) is 0 Å². The van der Waals surface area contributed by atoms with Crippen LogP contribution in [0.5, 0.6) is 5.75 Å². The van der Waals surface area contributed by atoms with E-state index < -0.39 is 0 Å². The van der Waals surface area contributed by atoms with E-state index >= 15 is 0 Å². The summed E-state index contributed by atoms with van der Waals surface area (Å²) in [6.45, 7) is 8.87. The Morgan fingerprint density at radius 3 is 2.18 bits per heavy atom. The molecule has 1 nitrogen and oxygen atoms in total. The molecule has 0 bridgehead atoms. The topological polar surface area (TPSA) is 9.23 Å². The Labute approximate surface area is 144 Å². The molecule has 2 aromatic rings. The van der Waals surface area contributed by atoms with Crippen LogP contribution in [0.25, 0.3) is 9.81 Å². The molecule has 0 N–H and O–H groups in total. The number of rotatable bonds is 4. The van der Waals surface area contributed by atoms with E-state index in [2.05, 4.69) is 45.0 Å². The normalized spacial score (nSPS) is 12.1. The Kier molecular flexibility index (Phi) is 5.65. The summed E-state index contributed by atoms with van der Waals surface area (Å²) in [5.41, 5.74) is 5.69. The van der Waals surface area contributed by atoms with Crippen molar-refractivity contribution in [2.75, 3.05) is 6.61 Å². The lowest BCUT2D eigenvalue weighted by Gasteiger charge is -2.16. The van der Waals surface area contributed by atoms with Gasteiger partial charge in [-0.2, -0.15) is 0 Å². The predicted molar refractivity (Wildman–Crippen MR) is 103 cm³/mol. The van der Waals surface area contributed by atoms with Crippen molar-refractivity contribution in [2.24, 2.45) is 0 Å². The van der Waals surface area contributed by atoms with Gasteiger partial charge < -0.3 is 4.74 Å². The van der Waals surface area contributed by atoms with Gasteiger partial charge in [-0.3, -0.25) is 0 Å². The second-order valence-corrected chi connectivity index (χ2v) is 6.29. The smallest absolute Gasteiger partial charge is 0.127 e. The lowest BCUT2D eigenvalue weighted by Crippen LogP contribution is -1.97. The van der Waals surface area contributed by atoms with Crippen molar-refractivity contribution in [3.05, 3.63) is 64.2 Å². The molecule has 0 amide bonds. The molecule has 116 valence electrons. The molecule has 0 saturated carbocycles. The number of hydrogen-bond acceptors (Lipinski definition) is 3. The van der Waals surface area contributed by atoms with E-state index in [1.807, 2.05) is 19.1 Å². The van der Waals surface area contributed by atoms with Crippen molar-refractivity contribution < 1.29 is 4.74 Å². The maximum Gasteiger partial charge on any atom is 0.127 e. The molecule has 0 saturated heterocycles. The number of ether oxygens (including phenoxy) is 1. The highest BCUT2D eigenvalue weighted by atomic mass is 32.1. The average molecular weight is 331 g/mol. The highest BCUT2D eigenvalue weighted by Gasteiger charge is 2.14. The summed E-state index contributed by atoms with van der Waals surface area (Å²) >= 11 is 9.52. The minimum Gasteiger partial charge on any atom is -0.493 e. The van der Waals surface area contributed by atoms with Crippen LogP contribution in [0.2, 0.25) is 0 Å². The Morgan fingerprint density at radius 2 is 1.59 bits per heavy atom. The molecule has 0 spiro atoms. The standard InChI is InChI=1S/C19H22OS2/c1-5-20-16-10-9-12(2)11-15(16)18(21)19(22)17-13(3)7-6-8-14(17)4/h6-11,21-22H,5H2,1-4H3/b19-18-. The van der Waals surface area contributed by atoms with E-state index in [1.165, 1.54) is 16.7 Å². The van der Waals surface area contributed by atoms with Crippen molar-refractivity contribution >= 4 is 35.1 Å². The van der Waals surface area contributed by atoms with Crippen LogP contribution in [0.1, 0.15) is 34.7 Å². The quantitative estimate of drug-likeness (QED) is 0.540. The van der Waals surface area contributed by atoms with Crippen molar-refractivity contribution in [1.82, 2.24) is 0 Å². The molecule has 0 aliphatic carbocycles. The van der Waals surface area contributed by atoms with Crippen LogP contribution in [0.15, 0.2) is 36.4 Å². The monoisotopic (exact) mass is 330 g/mol. The van der Waals surface area contributed by atoms with E-state index in [0.717, 1.165) is 26.7 Å². The SMILES string of the molecule is CCOc1ccc(C)cc1/C(S)=C(/S)c1c(C)cccc1C. The van der Waals surface area contributed by atoms with Crippen molar-refractivity contribution in [1.29, 1.82) is 0 Å². The van der Waals surface area contributed by atoms with E-state index in [-0.39, 0.29) is 0 Å². The van der Waals surface area contributed by atoms with Crippen molar-refractivity contribution in [2.45, 2.75) is 27.7 Å². The summed E-state index contributed by atoms with van der Waals surface area (Å²) in [7, 11) is 0. The number of aryl methyl sites for hydroxylation is 3. The van der Waals surface area contributed by atoms with E-state index in [9.17, 15) is 0 Å². The second-order valence-electron chi connectivity index (χ2n) is 5.40.